The summed E-state index contributed by atoms with van der Waals surface area (Å²) in [7, 11) is 0. The highest BCUT2D eigenvalue weighted by Gasteiger charge is 2.33. The van der Waals surface area contributed by atoms with Crippen LogP contribution in [0.3, 0.4) is 0 Å². The topological polar surface area (TPSA) is 481 Å². The number of nitro groups is 2. The number of urea groups is 2. The lowest BCUT2D eigenvalue weighted by Gasteiger charge is -2.25. The Balaban J connectivity index is 0.892. The number of hydrogen-bond acceptors (Lipinski definition) is 19. The predicted molar refractivity (Wildman–Crippen MR) is 383 cm³/mol. The molecule has 0 radical (unpaired) electrons. The van der Waals surface area contributed by atoms with Crippen LogP contribution in [0.25, 0.3) is 0 Å². The van der Waals surface area contributed by atoms with Gasteiger partial charge in [-0.05, 0) is 120 Å². The first-order chi connectivity index (χ1) is 50.5. The smallest absolute Gasteiger partial charge is 0.394 e. The number of non-ortho nitro benzene ring substituents is 2. The number of rotatable bonds is 34. The number of hydrogen-bond donors (Lipinski definition) is 10. The van der Waals surface area contributed by atoms with Crippen molar-refractivity contribution in [2.24, 2.45) is 23.3 Å². The standard InChI is InChI=1S/C73H76N14O19/c1-41(2)65(82-59(88)37-45-13-21-51(22-14-45)84-61(90)29-30-62(84)91)69(96)80-55(7-5-33-76-71(74)98)67(94)78-49-17-9-43(10-18-49)35-47-39-53(86(101)102)25-27-57(47)105-73(100)106-58-28-26-54(87(103)104)40-48(58)36-44-11-19-50(20-12-44)79-68(95)56(8-6-34-77-72(75)99)81-70(97)66(42(3)4)83-60(89)38-46-15-23-52(24-16-46)85-63(92)31-32-64(85)93/h9-32,39-42,55-56,65-66H,5-8,33-38H2,1-4H3,(H,78,94)(H,79,95)(H,80,96)(H,81,97)(H,82,88)(H,83,89)(H3,74,76,98)(H3,75,77,99)/t55-,56-,65-,66-/m0/s1. The van der Waals surface area contributed by atoms with E-state index < -0.39 is 123 Å². The first-order valence-corrected chi connectivity index (χ1v) is 33.3. The average Bonchev–Trinajstić information content (AvgIpc) is 1.75. The molecule has 0 fully saturated rings. The van der Waals surface area contributed by atoms with Gasteiger partial charge in [-0.15, -0.1) is 0 Å². The number of ether oxygens (including phenoxy) is 2. The van der Waals surface area contributed by atoms with E-state index in [1.807, 2.05) is 0 Å². The largest absolute Gasteiger partial charge is 0.519 e. The van der Waals surface area contributed by atoms with E-state index in [1.165, 1.54) is 72.8 Å². The molecule has 2 aliphatic heterocycles. The van der Waals surface area contributed by atoms with Gasteiger partial charge in [-0.25, -0.2) is 24.2 Å². The number of primary amides is 2. The van der Waals surface area contributed by atoms with E-state index in [2.05, 4.69) is 42.5 Å². The Kier molecular flexibility index (Phi) is 26.9. The molecule has 552 valence electrons. The fourth-order valence-electron chi connectivity index (χ4n) is 11.2. The number of nitrogens with two attached hydrogens (primary N) is 2. The molecule has 0 aliphatic carbocycles. The summed E-state index contributed by atoms with van der Waals surface area (Å²) in [4.78, 5) is 192. The molecule has 0 spiro atoms. The maximum absolute atomic E-state index is 14.0. The van der Waals surface area contributed by atoms with Crippen molar-refractivity contribution in [2.75, 3.05) is 33.5 Å². The monoisotopic (exact) mass is 1450 g/mol. The minimum atomic E-state index is -1.33. The summed E-state index contributed by atoms with van der Waals surface area (Å²) in [5.41, 5.74) is 13.1. The van der Waals surface area contributed by atoms with Gasteiger partial charge in [0.05, 0.1) is 34.1 Å². The summed E-state index contributed by atoms with van der Waals surface area (Å²) >= 11 is 0. The van der Waals surface area contributed by atoms with Crippen molar-refractivity contribution in [3.05, 3.63) is 211 Å². The van der Waals surface area contributed by atoms with Crippen LogP contribution in [0.1, 0.15) is 86.8 Å². The molecular weight excluding hydrogens is 1380 g/mol. The molecule has 0 bridgehead atoms. The van der Waals surface area contributed by atoms with E-state index in [0.29, 0.717) is 33.6 Å². The Morgan fingerprint density at radius 3 is 1.08 bits per heavy atom. The summed E-state index contributed by atoms with van der Waals surface area (Å²) in [5, 5.41) is 45.3. The summed E-state index contributed by atoms with van der Waals surface area (Å²) in [6.45, 7) is 6.86. The van der Waals surface area contributed by atoms with Crippen molar-refractivity contribution < 1.29 is 81.6 Å². The highest BCUT2D eigenvalue weighted by molar-refractivity contribution is 6.29. The molecule has 0 saturated heterocycles. The molecule has 6 aromatic carbocycles. The van der Waals surface area contributed by atoms with Gasteiger partial charge in [-0.1, -0.05) is 76.2 Å². The first-order valence-electron chi connectivity index (χ1n) is 33.3. The van der Waals surface area contributed by atoms with Crippen LogP contribution < -0.4 is 73.3 Å². The molecule has 4 atom stereocenters. The quantitative estimate of drug-likeness (QED) is 0.00584. The zero-order valence-corrected chi connectivity index (χ0v) is 57.7. The Bertz CT molecular complexity index is 4130. The van der Waals surface area contributed by atoms with Gasteiger partial charge in [0.1, 0.15) is 35.7 Å². The molecule has 14 amide bonds. The van der Waals surface area contributed by atoms with Gasteiger partial charge in [0, 0.05) is 97.0 Å². The van der Waals surface area contributed by atoms with E-state index in [9.17, 15) is 82.6 Å². The van der Waals surface area contributed by atoms with Crippen LogP contribution >= 0.6 is 0 Å². The van der Waals surface area contributed by atoms with Gasteiger partial charge in [-0.3, -0.25) is 68.2 Å². The molecule has 0 unspecified atom stereocenters. The second-order valence-electron chi connectivity index (χ2n) is 25.2. The van der Waals surface area contributed by atoms with Gasteiger partial charge < -0.3 is 63.5 Å². The second kappa shape index (κ2) is 36.4. The zero-order chi connectivity index (χ0) is 76.9. The molecule has 33 heteroatoms. The third kappa shape index (κ3) is 22.3. The van der Waals surface area contributed by atoms with E-state index in [4.69, 9.17) is 20.9 Å². The highest BCUT2D eigenvalue weighted by Crippen LogP contribution is 2.32. The van der Waals surface area contributed by atoms with Crippen LogP contribution in [-0.4, -0.2) is 124 Å². The molecule has 8 rings (SSSR count). The lowest BCUT2D eigenvalue weighted by Crippen LogP contribution is -2.54. The molecular formula is C73H76N14O19. The normalized spacial score (nSPS) is 13.5. The highest BCUT2D eigenvalue weighted by atomic mass is 16.7. The number of benzene rings is 6. The molecule has 6 aromatic rings. The Morgan fingerprint density at radius 2 is 0.774 bits per heavy atom. The number of nitrogens with zero attached hydrogens (tertiary/aromatic N) is 4. The number of imide groups is 2. The van der Waals surface area contributed by atoms with Gasteiger partial charge >= 0.3 is 18.2 Å². The van der Waals surface area contributed by atoms with Crippen molar-refractivity contribution in [1.82, 2.24) is 31.9 Å². The first kappa shape index (κ1) is 78.2. The van der Waals surface area contributed by atoms with Crippen LogP contribution in [-0.2, 0) is 73.6 Å². The van der Waals surface area contributed by atoms with E-state index in [1.54, 1.807) is 76.2 Å². The number of carbonyl (C=O) groups excluding carboxylic acids is 13. The van der Waals surface area contributed by atoms with E-state index in [0.717, 1.165) is 46.2 Å². The summed E-state index contributed by atoms with van der Waals surface area (Å²) in [6.07, 6.45) is 3.06. The zero-order valence-electron chi connectivity index (χ0n) is 57.7. The number of nitro benzene ring substituents is 2. The van der Waals surface area contributed by atoms with Crippen molar-refractivity contribution in [1.29, 1.82) is 0 Å². The van der Waals surface area contributed by atoms with Crippen LogP contribution in [0, 0.1) is 32.1 Å². The Morgan fingerprint density at radius 1 is 0.443 bits per heavy atom. The number of carbonyl (C=O) groups is 13. The summed E-state index contributed by atoms with van der Waals surface area (Å²) in [5.74, 6) is -7.14. The molecule has 33 nitrogen and oxygen atoms in total. The summed E-state index contributed by atoms with van der Waals surface area (Å²) in [6, 6.07) is 25.2. The molecule has 12 N–H and O–H groups in total. The maximum atomic E-state index is 14.0. The van der Waals surface area contributed by atoms with Crippen LogP contribution in [0.2, 0.25) is 0 Å². The van der Waals surface area contributed by atoms with E-state index >= 15 is 0 Å². The summed E-state index contributed by atoms with van der Waals surface area (Å²) < 4.78 is 11.3. The number of amides is 14. The van der Waals surface area contributed by atoms with E-state index in [-0.39, 0.29) is 110 Å². The minimum Gasteiger partial charge on any atom is -0.394 e. The van der Waals surface area contributed by atoms with Crippen LogP contribution in [0.4, 0.5) is 48.5 Å². The van der Waals surface area contributed by atoms with Gasteiger partial charge in [0.15, 0.2) is 0 Å². The van der Waals surface area contributed by atoms with Crippen LogP contribution in [0.5, 0.6) is 11.5 Å². The predicted octanol–water partition coefficient (Wildman–Crippen LogP) is 5.63. The molecule has 0 aromatic heterocycles. The van der Waals surface area contributed by atoms with Gasteiger partial charge in [0.2, 0.25) is 35.4 Å². The van der Waals surface area contributed by atoms with Crippen molar-refractivity contribution in [2.45, 2.75) is 103 Å². The fourth-order valence-corrected chi connectivity index (χ4v) is 11.2. The molecule has 106 heavy (non-hydrogen) atoms. The lowest BCUT2D eigenvalue weighted by molar-refractivity contribution is -0.385. The van der Waals surface area contributed by atoms with Crippen LogP contribution in [0.15, 0.2) is 158 Å². The fraction of sp³-hybridized carbons (Fsp3) is 0.274. The Hall–Kier alpha value is -13.5. The molecule has 2 aliphatic rings. The molecule has 2 heterocycles. The molecule has 0 saturated carbocycles. The number of nitrogens with one attached hydrogen (secondary N) is 8. The number of anilines is 4. The van der Waals surface area contributed by atoms with Gasteiger partial charge in [-0.2, -0.15) is 0 Å². The average molecular weight is 1450 g/mol. The Labute approximate surface area is 605 Å². The van der Waals surface area contributed by atoms with Crippen molar-refractivity contribution >= 4 is 111 Å². The third-order valence-corrected chi connectivity index (χ3v) is 16.6. The van der Waals surface area contributed by atoms with Crippen molar-refractivity contribution in [3.63, 3.8) is 0 Å². The lowest BCUT2D eigenvalue weighted by atomic mass is 10.0. The second-order valence-corrected chi connectivity index (χ2v) is 25.2. The SMILES string of the molecule is CC(C)[C@H](NC(=O)Cc1ccc(N2C(=O)C=CC2=O)cc1)C(=O)N[C@@H](CCCNC(N)=O)C(=O)Nc1ccc(Cc2cc([N+](=O)[O-])ccc2OC(=O)Oc2ccc([N+](=O)[O-])cc2Cc2ccc(NC(=O)[C@H](CCCNC(N)=O)NC(=O)[C@@H](NC(=O)Cc3ccc(N4C(=O)C=CC4=O)cc3)C(C)C)cc2)cc1. The third-order valence-electron chi connectivity index (χ3n) is 16.6. The van der Waals surface area contributed by atoms with Crippen molar-refractivity contribution in [3.8, 4) is 11.5 Å². The van der Waals surface area contributed by atoms with Gasteiger partial charge in [0.25, 0.3) is 35.0 Å². The maximum Gasteiger partial charge on any atom is 0.519 e. The minimum absolute atomic E-state index is 0.000101.